The molecule has 0 bridgehead atoms. The molecular weight excluding hydrogens is 239 g/mol. The lowest BCUT2D eigenvalue weighted by Gasteiger charge is -2.41. The van der Waals surface area contributed by atoms with Crippen LogP contribution in [-0.4, -0.2) is 30.6 Å². The molecule has 19 heavy (non-hydrogen) atoms. The first-order valence-corrected chi connectivity index (χ1v) is 7.22. The molecule has 0 spiro atoms. The van der Waals surface area contributed by atoms with Gasteiger partial charge < -0.3 is 5.32 Å². The van der Waals surface area contributed by atoms with Crippen LogP contribution in [-0.2, 0) is 0 Å². The van der Waals surface area contributed by atoms with Crippen LogP contribution in [0.2, 0.25) is 0 Å². The van der Waals surface area contributed by atoms with Gasteiger partial charge >= 0.3 is 0 Å². The molecule has 3 heteroatoms. The van der Waals surface area contributed by atoms with Crippen molar-refractivity contribution >= 4 is 0 Å². The minimum absolute atomic E-state index is 0.0953. The average Bonchev–Trinajstić information content (AvgIpc) is 2.41. The lowest BCUT2D eigenvalue weighted by atomic mass is 9.94. The van der Waals surface area contributed by atoms with E-state index in [9.17, 15) is 4.39 Å². The van der Waals surface area contributed by atoms with Gasteiger partial charge in [0.15, 0.2) is 0 Å². The van der Waals surface area contributed by atoms with Crippen molar-refractivity contribution in [1.82, 2.24) is 10.2 Å². The number of piperidine rings is 1. The normalized spacial score (nSPS) is 26.4. The van der Waals surface area contributed by atoms with E-state index in [2.05, 4.69) is 30.1 Å². The van der Waals surface area contributed by atoms with Crippen molar-refractivity contribution in [1.29, 1.82) is 0 Å². The minimum atomic E-state index is -0.0953. The third-order valence-electron chi connectivity index (χ3n) is 4.51. The fourth-order valence-corrected chi connectivity index (χ4v) is 3.09. The molecule has 1 aromatic rings. The van der Waals surface area contributed by atoms with Crippen LogP contribution in [0.15, 0.2) is 18.2 Å². The molecule has 1 aliphatic heterocycles. The van der Waals surface area contributed by atoms with Gasteiger partial charge in [0, 0.05) is 24.7 Å². The Bertz CT molecular complexity index is 433. The van der Waals surface area contributed by atoms with E-state index in [1.54, 1.807) is 6.07 Å². The van der Waals surface area contributed by atoms with Crippen LogP contribution in [0.25, 0.3) is 0 Å². The van der Waals surface area contributed by atoms with Crippen LogP contribution < -0.4 is 5.32 Å². The SMILES string of the molecule is CNC1CCN(C(C)c2ccc(C)c(F)c2)C(C)C1. The molecule has 1 aliphatic rings. The molecule has 0 aromatic heterocycles. The zero-order valence-corrected chi connectivity index (χ0v) is 12.4. The molecule has 2 rings (SSSR count). The summed E-state index contributed by atoms with van der Waals surface area (Å²) in [5.74, 6) is -0.0953. The van der Waals surface area contributed by atoms with Crippen molar-refractivity contribution < 1.29 is 4.39 Å². The number of aryl methyl sites for hydroxylation is 1. The van der Waals surface area contributed by atoms with E-state index in [0.717, 1.165) is 24.1 Å². The number of nitrogens with zero attached hydrogens (tertiary/aromatic N) is 1. The van der Waals surface area contributed by atoms with Gasteiger partial charge in [-0.05, 0) is 57.9 Å². The summed E-state index contributed by atoms with van der Waals surface area (Å²) < 4.78 is 13.7. The summed E-state index contributed by atoms with van der Waals surface area (Å²) in [4.78, 5) is 2.48. The van der Waals surface area contributed by atoms with Crippen LogP contribution in [0.1, 0.15) is 43.9 Å². The first-order chi connectivity index (χ1) is 9.02. The lowest BCUT2D eigenvalue weighted by molar-refractivity contribution is 0.0973. The zero-order chi connectivity index (χ0) is 14.0. The second kappa shape index (κ2) is 6.02. The van der Waals surface area contributed by atoms with E-state index in [-0.39, 0.29) is 11.9 Å². The van der Waals surface area contributed by atoms with Gasteiger partial charge in [-0.3, -0.25) is 4.90 Å². The summed E-state index contributed by atoms with van der Waals surface area (Å²) in [7, 11) is 2.03. The topological polar surface area (TPSA) is 15.3 Å². The Balaban J connectivity index is 2.10. The molecule has 1 saturated heterocycles. The first-order valence-electron chi connectivity index (χ1n) is 7.22. The predicted molar refractivity (Wildman–Crippen MR) is 77.8 cm³/mol. The minimum Gasteiger partial charge on any atom is -0.317 e. The van der Waals surface area contributed by atoms with E-state index in [4.69, 9.17) is 0 Å². The summed E-state index contributed by atoms with van der Waals surface area (Å²) >= 11 is 0. The van der Waals surface area contributed by atoms with Gasteiger partial charge in [-0.2, -0.15) is 0 Å². The summed E-state index contributed by atoms with van der Waals surface area (Å²) in [6.45, 7) is 7.33. The molecule has 0 radical (unpaired) electrons. The van der Waals surface area contributed by atoms with Gasteiger partial charge in [0.2, 0.25) is 0 Å². The quantitative estimate of drug-likeness (QED) is 0.901. The predicted octanol–water partition coefficient (Wildman–Crippen LogP) is 3.27. The summed E-state index contributed by atoms with van der Waals surface area (Å²) in [6, 6.07) is 7.06. The summed E-state index contributed by atoms with van der Waals surface area (Å²) in [5.41, 5.74) is 1.80. The van der Waals surface area contributed by atoms with Gasteiger partial charge in [0.05, 0.1) is 0 Å². The maximum absolute atomic E-state index is 13.7. The van der Waals surface area contributed by atoms with Crippen LogP contribution in [0.4, 0.5) is 4.39 Å². The highest BCUT2D eigenvalue weighted by Crippen LogP contribution is 2.29. The maximum Gasteiger partial charge on any atom is 0.126 e. The second-order valence-corrected chi connectivity index (χ2v) is 5.78. The maximum atomic E-state index is 13.7. The highest BCUT2D eigenvalue weighted by Gasteiger charge is 2.28. The van der Waals surface area contributed by atoms with Crippen molar-refractivity contribution in [2.24, 2.45) is 0 Å². The van der Waals surface area contributed by atoms with Crippen molar-refractivity contribution in [3.8, 4) is 0 Å². The van der Waals surface area contributed by atoms with E-state index in [1.165, 1.54) is 6.42 Å². The molecule has 1 N–H and O–H groups in total. The van der Waals surface area contributed by atoms with Crippen molar-refractivity contribution in [2.45, 2.75) is 51.7 Å². The van der Waals surface area contributed by atoms with Gasteiger partial charge in [0.25, 0.3) is 0 Å². The highest BCUT2D eigenvalue weighted by molar-refractivity contribution is 5.25. The molecule has 0 amide bonds. The Morgan fingerprint density at radius 2 is 2.16 bits per heavy atom. The van der Waals surface area contributed by atoms with Crippen molar-refractivity contribution in [3.63, 3.8) is 0 Å². The monoisotopic (exact) mass is 264 g/mol. The molecule has 0 aliphatic carbocycles. The van der Waals surface area contributed by atoms with Gasteiger partial charge in [-0.15, -0.1) is 0 Å². The van der Waals surface area contributed by atoms with Crippen LogP contribution in [0.3, 0.4) is 0 Å². The summed E-state index contributed by atoms with van der Waals surface area (Å²) in [5, 5.41) is 3.36. The third-order valence-corrected chi connectivity index (χ3v) is 4.51. The smallest absolute Gasteiger partial charge is 0.126 e. The molecule has 3 unspecified atom stereocenters. The van der Waals surface area contributed by atoms with Gasteiger partial charge in [0.1, 0.15) is 5.82 Å². The molecule has 1 fully saturated rings. The highest BCUT2D eigenvalue weighted by atomic mass is 19.1. The number of likely N-dealkylation sites (tertiary alicyclic amines) is 1. The third kappa shape index (κ3) is 3.15. The Labute approximate surface area is 116 Å². The number of hydrogen-bond acceptors (Lipinski definition) is 2. The number of rotatable bonds is 3. The van der Waals surface area contributed by atoms with Gasteiger partial charge in [-0.25, -0.2) is 4.39 Å². The van der Waals surface area contributed by atoms with Crippen molar-refractivity contribution in [3.05, 3.63) is 35.1 Å². The van der Waals surface area contributed by atoms with E-state index < -0.39 is 0 Å². The van der Waals surface area contributed by atoms with E-state index >= 15 is 0 Å². The Morgan fingerprint density at radius 1 is 1.42 bits per heavy atom. The molecule has 2 nitrogen and oxygen atoms in total. The average molecular weight is 264 g/mol. The lowest BCUT2D eigenvalue weighted by Crippen LogP contribution is -2.47. The number of benzene rings is 1. The zero-order valence-electron chi connectivity index (χ0n) is 12.4. The fourth-order valence-electron chi connectivity index (χ4n) is 3.09. The van der Waals surface area contributed by atoms with Crippen molar-refractivity contribution in [2.75, 3.05) is 13.6 Å². The summed E-state index contributed by atoms with van der Waals surface area (Å²) in [6.07, 6.45) is 2.33. The first kappa shape index (κ1) is 14.5. The molecule has 3 atom stereocenters. The van der Waals surface area contributed by atoms with Crippen LogP contribution in [0, 0.1) is 12.7 Å². The molecule has 1 aromatic carbocycles. The van der Waals surface area contributed by atoms with E-state index in [1.807, 2.05) is 20.0 Å². The molecular formula is C16H25FN2. The standard InChI is InChI=1S/C16H25FN2/c1-11-5-6-14(10-16(11)17)13(3)19-8-7-15(18-4)9-12(19)2/h5-6,10,12-13,15,18H,7-9H2,1-4H3. The largest absolute Gasteiger partial charge is 0.317 e. The fraction of sp³-hybridized carbons (Fsp3) is 0.625. The Hall–Kier alpha value is -0.930. The second-order valence-electron chi connectivity index (χ2n) is 5.78. The number of hydrogen-bond donors (Lipinski definition) is 1. The Morgan fingerprint density at radius 3 is 2.74 bits per heavy atom. The molecule has 106 valence electrons. The molecule has 1 heterocycles. The number of nitrogens with one attached hydrogen (secondary N) is 1. The number of halogens is 1. The van der Waals surface area contributed by atoms with E-state index in [0.29, 0.717) is 12.1 Å². The Kier molecular flexibility index (Phi) is 4.58. The molecule has 0 saturated carbocycles. The van der Waals surface area contributed by atoms with Crippen LogP contribution >= 0.6 is 0 Å². The van der Waals surface area contributed by atoms with Gasteiger partial charge in [-0.1, -0.05) is 12.1 Å². The van der Waals surface area contributed by atoms with Crippen LogP contribution in [0.5, 0.6) is 0 Å².